The maximum absolute atomic E-state index is 12.2. The number of nitrogens with one attached hydrogen (secondary N) is 1. The van der Waals surface area contributed by atoms with Crippen LogP contribution in [0.5, 0.6) is 11.8 Å². The van der Waals surface area contributed by atoms with E-state index in [4.69, 9.17) is 4.74 Å². The smallest absolute Gasteiger partial charge is 0.302 e. The average molecular weight is 388 g/mol. The molecule has 1 aliphatic rings. The second-order valence-corrected chi connectivity index (χ2v) is 7.25. The summed E-state index contributed by atoms with van der Waals surface area (Å²) in [6, 6.07) is 10.6. The second kappa shape index (κ2) is 7.05. The largest absolute Gasteiger partial charge is 0.422 e. The van der Waals surface area contributed by atoms with Crippen molar-refractivity contribution in [3.05, 3.63) is 71.0 Å². The number of aromatic amines is 1. The molecule has 3 aromatic heterocycles. The Labute approximate surface area is 166 Å². The SMILES string of the molecule is Cc1ccc(N2CC[C@H](n3cc(Oc4nc5cnccc5c(=O)[nH]4)cn3)C2)cc1. The Kier molecular flexibility index (Phi) is 4.23. The Bertz CT molecular complexity index is 1210. The van der Waals surface area contributed by atoms with Crippen LogP contribution in [0.1, 0.15) is 18.0 Å². The molecule has 1 aromatic carbocycles. The molecular weight excluding hydrogens is 368 g/mol. The first-order valence-electron chi connectivity index (χ1n) is 9.53. The Morgan fingerprint density at radius 2 is 2.03 bits per heavy atom. The van der Waals surface area contributed by atoms with Crippen molar-refractivity contribution in [2.45, 2.75) is 19.4 Å². The van der Waals surface area contributed by atoms with Crippen molar-refractivity contribution >= 4 is 16.6 Å². The van der Waals surface area contributed by atoms with Gasteiger partial charge in [-0.1, -0.05) is 17.7 Å². The van der Waals surface area contributed by atoms with E-state index in [1.54, 1.807) is 24.7 Å². The number of benzene rings is 1. The fourth-order valence-corrected chi connectivity index (χ4v) is 3.65. The van der Waals surface area contributed by atoms with E-state index in [9.17, 15) is 4.79 Å². The van der Waals surface area contributed by atoms with Gasteiger partial charge in [0.1, 0.15) is 0 Å². The Morgan fingerprint density at radius 3 is 2.90 bits per heavy atom. The van der Waals surface area contributed by atoms with Gasteiger partial charge in [-0.2, -0.15) is 10.1 Å². The van der Waals surface area contributed by atoms with Crippen LogP contribution >= 0.6 is 0 Å². The summed E-state index contributed by atoms with van der Waals surface area (Å²) < 4.78 is 7.66. The number of rotatable bonds is 4. The summed E-state index contributed by atoms with van der Waals surface area (Å²) in [6.07, 6.45) is 7.59. The van der Waals surface area contributed by atoms with Crippen molar-refractivity contribution in [1.82, 2.24) is 24.7 Å². The van der Waals surface area contributed by atoms with Gasteiger partial charge in [0.15, 0.2) is 5.75 Å². The third-order valence-electron chi connectivity index (χ3n) is 5.22. The standard InChI is InChI=1S/C21H20N6O2/c1-14-2-4-15(5-3-14)26-9-7-16(12-26)27-13-17(10-23-27)29-21-24-19-11-22-8-6-18(19)20(28)25-21/h2-6,8,10-11,13,16H,7,9,12H2,1H3,(H,24,25,28)/t16-/m0/s1. The monoisotopic (exact) mass is 388 g/mol. The molecule has 0 bridgehead atoms. The number of ether oxygens (including phenoxy) is 1. The second-order valence-electron chi connectivity index (χ2n) is 7.25. The molecular formula is C21H20N6O2. The number of anilines is 1. The third-order valence-corrected chi connectivity index (χ3v) is 5.22. The lowest BCUT2D eigenvalue weighted by Crippen LogP contribution is -2.20. The van der Waals surface area contributed by atoms with Gasteiger partial charge in [0, 0.05) is 25.0 Å². The fourth-order valence-electron chi connectivity index (χ4n) is 3.65. The summed E-state index contributed by atoms with van der Waals surface area (Å²) >= 11 is 0. The molecule has 4 heterocycles. The Hall–Kier alpha value is -3.68. The van der Waals surface area contributed by atoms with E-state index < -0.39 is 0 Å². The quantitative estimate of drug-likeness (QED) is 0.578. The molecule has 5 rings (SSSR count). The highest BCUT2D eigenvalue weighted by Gasteiger charge is 2.25. The highest BCUT2D eigenvalue weighted by molar-refractivity contribution is 5.76. The molecule has 1 atom stereocenters. The minimum Gasteiger partial charge on any atom is -0.422 e. The molecule has 0 saturated carbocycles. The lowest BCUT2D eigenvalue weighted by molar-refractivity contribution is 0.438. The fraction of sp³-hybridized carbons (Fsp3) is 0.238. The number of nitrogens with zero attached hydrogens (tertiary/aromatic N) is 5. The first-order chi connectivity index (χ1) is 14.2. The Balaban J connectivity index is 1.31. The van der Waals surface area contributed by atoms with Crippen molar-refractivity contribution in [3.63, 3.8) is 0 Å². The van der Waals surface area contributed by atoms with Gasteiger partial charge in [0.05, 0.1) is 35.5 Å². The van der Waals surface area contributed by atoms with Crippen molar-refractivity contribution in [1.29, 1.82) is 0 Å². The molecule has 1 saturated heterocycles. The third kappa shape index (κ3) is 3.44. The van der Waals surface area contributed by atoms with Gasteiger partial charge >= 0.3 is 6.01 Å². The molecule has 0 radical (unpaired) electrons. The van der Waals surface area contributed by atoms with E-state index >= 15 is 0 Å². The van der Waals surface area contributed by atoms with Crippen LogP contribution in [0.25, 0.3) is 10.9 Å². The number of hydrogen-bond acceptors (Lipinski definition) is 6. The highest BCUT2D eigenvalue weighted by atomic mass is 16.5. The van der Waals surface area contributed by atoms with E-state index in [0.29, 0.717) is 16.7 Å². The topological polar surface area (TPSA) is 88.9 Å². The number of pyridine rings is 1. The van der Waals surface area contributed by atoms with Crippen molar-refractivity contribution in [2.24, 2.45) is 0 Å². The van der Waals surface area contributed by atoms with Gasteiger partial charge in [-0.15, -0.1) is 0 Å². The normalized spacial score (nSPS) is 16.4. The molecule has 0 amide bonds. The first-order valence-corrected chi connectivity index (χ1v) is 9.53. The molecule has 1 aliphatic heterocycles. The van der Waals surface area contributed by atoms with E-state index in [1.165, 1.54) is 11.3 Å². The highest BCUT2D eigenvalue weighted by Crippen LogP contribution is 2.28. The van der Waals surface area contributed by atoms with Gasteiger partial charge in [-0.25, -0.2) is 0 Å². The van der Waals surface area contributed by atoms with Crippen LogP contribution in [-0.4, -0.2) is 37.8 Å². The van der Waals surface area contributed by atoms with Crippen molar-refractivity contribution in [3.8, 4) is 11.8 Å². The van der Waals surface area contributed by atoms with E-state index in [0.717, 1.165) is 19.5 Å². The number of aromatic nitrogens is 5. The van der Waals surface area contributed by atoms with Gasteiger partial charge in [-0.05, 0) is 31.5 Å². The van der Waals surface area contributed by atoms with Gasteiger partial charge in [0.25, 0.3) is 5.56 Å². The molecule has 8 nitrogen and oxygen atoms in total. The zero-order valence-electron chi connectivity index (χ0n) is 15.9. The predicted octanol–water partition coefficient (Wildman–Crippen LogP) is 3.07. The van der Waals surface area contributed by atoms with Crippen LogP contribution in [0, 0.1) is 6.92 Å². The maximum atomic E-state index is 12.2. The van der Waals surface area contributed by atoms with E-state index in [-0.39, 0.29) is 17.6 Å². The maximum Gasteiger partial charge on any atom is 0.302 e. The summed E-state index contributed by atoms with van der Waals surface area (Å²) in [5.74, 6) is 0.533. The number of fused-ring (bicyclic) bond motifs is 1. The van der Waals surface area contributed by atoms with Crippen LogP contribution < -0.4 is 15.2 Å². The van der Waals surface area contributed by atoms with E-state index in [1.807, 2.05) is 10.9 Å². The average Bonchev–Trinajstić information content (AvgIpc) is 3.38. The predicted molar refractivity (Wildman–Crippen MR) is 110 cm³/mol. The lowest BCUT2D eigenvalue weighted by atomic mass is 10.2. The molecule has 0 spiro atoms. The molecule has 8 heteroatoms. The summed E-state index contributed by atoms with van der Waals surface area (Å²) in [6.45, 7) is 3.97. The minimum absolute atomic E-state index is 0.128. The number of H-pyrrole nitrogens is 1. The summed E-state index contributed by atoms with van der Waals surface area (Å²) in [5, 5.41) is 4.93. The molecule has 1 fully saturated rings. The summed E-state index contributed by atoms with van der Waals surface area (Å²) in [7, 11) is 0. The van der Waals surface area contributed by atoms with Crippen LogP contribution in [0.2, 0.25) is 0 Å². The number of aryl methyl sites for hydroxylation is 1. The van der Waals surface area contributed by atoms with Crippen LogP contribution in [0.4, 0.5) is 5.69 Å². The van der Waals surface area contributed by atoms with Gasteiger partial charge in [-0.3, -0.25) is 19.4 Å². The molecule has 146 valence electrons. The molecule has 4 aromatic rings. The molecule has 1 N–H and O–H groups in total. The van der Waals surface area contributed by atoms with Crippen LogP contribution in [0.15, 0.2) is 59.9 Å². The van der Waals surface area contributed by atoms with Crippen LogP contribution in [-0.2, 0) is 0 Å². The summed E-state index contributed by atoms with van der Waals surface area (Å²) in [4.78, 5) is 25.5. The first kappa shape index (κ1) is 17.4. The van der Waals surface area contributed by atoms with Crippen LogP contribution in [0.3, 0.4) is 0 Å². The van der Waals surface area contributed by atoms with Crippen molar-refractivity contribution in [2.75, 3.05) is 18.0 Å². The Morgan fingerprint density at radius 1 is 1.17 bits per heavy atom. The lowest BCUT2D eigenvalue weighted by Gasteiger charge is -2.18. The zero-order valence-corrected chi connectivity index (χ0v) is 15.9. The summed E-state index contributed by atoms with van der Waals surface area (Å²) in [5.41, 5.74) is 2.72. The van der Waals surface area contributed by atoms with Gasteiger partial charge in [0.2, 0.25) is 0 Å². The molecule has 29 heavy (non-hydrogen) atoms. The van der Waals surface area contributed by atoms with Crippen molar-refractivity contribution < 1.29 is 4.74 Å². The minimum atomic E-state index is -0.260. The van der Waals surface area contributed by atoms with E-state index in [2.05, 4.69) is 56.1 Å². The molecule has 0 unspecified atom stereocenters. The zero-order chi connectivity index (χ0) is 19.8. The van der Waals surface area contributed by atoms with Gasteiger partial charge < -0.3 is 9.64 Å². The number of hydrogen-bond donors (Lipinski definition) is 1. The molecule has 0 aliphatic carbocycles.